The minimum Gasteiger partial charge on any atom is -0.357 e. The van der Waals surface area contributed by atoms with Crippen LogP contribution in [0.15, 0.2) is 34.4 Å². The highest BCUT2D eigenvalue weighted by atomic mass is 127. The van der Waals surface area contributed by atoms with Gasteiger partial charge in [-0.25, -0.2) is 13.1 Å². The molecule has 1 aromatic rings. The predicted molar refractivity (Wildman–Crippen MR) is 126 cm³/mol. The molecule has 0 aliphatic heterocycles. The van der Waals surface area contributed by atoms with Crippen molar-refractivity contribution in [1.29, 1.82) is 0 Å². The molecule has 1 rings (SSSR count). The molecule has 0 radical (unpaired) electrons. The molecule has 0 aromatic carbocycles. The van der Waals surface area contributed by atoms with Gasteiger partial charge >= 0.3 is 0 Å². The first-order valence-corrected chi connectivity index (χ1v) is 10.9. The van der Waals surface area contributed by atoms with Crippen molar-refractivity contribution in [1.82, 2.24) is 25.2 Å². The van der Waals surface area contributed by atoms with Crippen LogP contribution in [0.3, 0.4) is 0 Å². The molecule has 0 saturated carbocycles. The molecule has 1 heterocycles. The number of nitrogens with zero attached hydrogens (tertiary/aromatic N) is 3. The van der Waals surface area contributed by atoms with E-state index in [4.69, 9.17) is 0 Å². The van der Waals surface area contributed by atoms with E-state index in [2.05, 4.69) is 57.9 Å². The number of hydrogen-bond acceptors (Lipinski definition) is 5. The number of nitrogens with one attached hydrogen (secondary N) is 3. The molecule has 162 valence electrons. The topological polar surface area (TPSA) is 98.7 Å². The Morgan fingerprint density at radius 3 is 2.39 bits per heavy atom. The number of hydrogen-bond donors (Lipinski definition) is 3. The molecule has 0 unspecified atom stereocenters. The van der Waals surface area contributed by atoms with E-state index in [1.165, 1.54) is 18.5 Å². The van der Waals surface area contributed by atoms with E-state index in [0.29, 0.717) is 24.6 Å². The second kappa shape index (κ2) is 14.1. The average Bonchev–Trinajstić information content (AvgIpc) is 2.62. The van der Waals surface area contributed by atoms with Gasteiger partial charge < -0.3 is 10.6 Å². The zero-order chi connectivity index (χ0) is 20.3. The molecule has 0 fully saturated rings. The van der Waals surface area contributed by atoms with Gasteiger partial charge in [-0.05, 0) is 46.8 Å². The molecule has 0 saturated heterocycles. The molecular formula is C18H35IN6O2S. The fourth-order valence-corrected chi connectivity index (χ4v) is 3.68. The maximum Gasteiger partial charge on any atom is 0.242 e. The number of rotatable bonds is 11. The van der Waals surface area contributed by atoms with Gasteiger partial charge in [-0.15, -0.1) is 24.0 Å². The molecule has 1 aromatic heterocycles. The molecule has 0 spiro atoms. The largest absolute Gasteiger partial charge is 0.357 e. The summed E-state index contributed by atoms with van der Waals surface area (Å²) in [6.07, 6.45) is 2.86. The van der Waals surface area contributed by atoms with Gasteiger partial charge in [0.2, 0.25) is 10.0 Å². The molecular weight excluding hydrogens is 491 g/mol. The number of pyridine rings is 1. The van der Waals surface area contributed by atoms with Gasteiger partial charge in [-0.3, -0.25) is 14.9 Å². The van der Waals surface area contributed by atoms with Gasteiger partial charge in [0.1, 0.15) is 4.90 Å². The van der Waals surface area contributed by atoms with E-state index in [0.717, 1.165) is 19.6 Å². The second-order valence-electron chi connectivity index (χ2n) is 6.70. The molecule has 0 amide bonds. The highest BCUT2D eigenvalue weighted by molar-refractivity contribution is 14.0. The summed E-state index contributed by atoms with van der Waals surface area (Å²) in [7, 11) is -3.55. The summed E-state index contributed by atoms with van der Waals surface area (Å²) in [6.45, 7) is 13.7. The summed E-state index contributed by atoms with van der Waals surface area (Å²) in [6, 6.07) is 4.07. The van der Waals surface area contributed by atoms with Crippen molar-refractivity contribution in [2.75, 3.05) is 32.7 Å². The fourth-order valence-electron chi connectivity index (χ4n) is 2.69. The summed E-state index contributed by atoms with van der Waals surface area (Å²) >= 11 is 0. The Bertz CT molecular complexity index is 660. The number of guanidine groups is 1. The van der Waals surface area contributed by atoms with Crippen molar-refractivity contribution >= 4 is 40.0 Å². The zero-order valence-electron chi connectivity index (χ0n) is 17.5. The van der Waals surface area contributed by atoms with Gasteiger partial charge in [0.05, 0.1) is 6.54 Å². The van der Waals surface area contributed by atoms with Gasteiger partial charge in [-0.2, -0.15) is 0 Å². The minimum absolute atomic E-state index is 0. The van der Waals surface area contributed by atoms with Crippen LogP contribution in [0.25, 0.3) is 0 Å². The summed E-state index contributed by atoms with van der Waals surface area (Å²) in [5, 5.41) is 6.48. The summed E-state index contributed by atoms with van der Waals surface area (Å²) in [4.78, 5) is 10.8. The van der Waals surface area contributed by atoms with Crippen LogP contribution < -0.4 is 15.4 Å². The first-order valence-electron chi connectivity index (χ1n) is 9.45. The van der Waals surface area contributed by atoms with Crippen LogP contribution in [0.2, 0.25) is 0 Å². The first-order chi connectivity index (χ1) is 12.8. The van der Waals surface area contributed by atoms with Crippen LogP contribution in [0, 0.1) is 0 Å². The van der Waals surface area contributed by atoms with Crippen molar-refractivity contribution in [3.8, 4) is 0 Å². The molecule has 28 heavy (non-hydrogen) atoms. The van der Waals surface area contributed by atoms with E-state index < -0.39 is 10.0 Å². The Kier molecular flexibility index (Phi) is 13.6. The first kappa shape index (κ1) is 27.0. The zero-order valence-corrected chi connectivity index (χ0v) is 20.6. The highest BCUT2D eigenvalue weighted by Gasteiger charge is 2.13. The lowest BCUT2D eigenvalue weighted by Gasteiger charge is -2.30. The number of aromatic nitrogens is 1. The quantitative estimate of drug-likeness (QED) is 0.176. The van der Waals surface area contributed by atoms with Crippen LogP contribution in [-0.2, 0) is 10.0 Å². The van der Waals surface area contributed by atoms with E-state index in [9.17, 15) is 8.42 Å². The van der Waals surface area contributed by atoms with E-state index in [-0.39, 0.29) is 35.4 Å². The third-order valence-electron chi connectivity index (χ3n) is 3.95. The Morgan fingerprint density at radius 1 is 1.18 bits per heavy atom. The van der Waals surface area contributed by atoms with Crippen LogP contribution in [-0.4, -0.2) is 69.1 Å². The Balaban J connectivity index is 0.00000729. The summed E-state index contributed by atoms with van der Waals surface area (Å²) < 4.78 is 26.8. The monoisotopic (exact) mass is 526 g/mol. The van der Waals surface area contributed by atoms with Gasteiger partial charge in [0.15, 0.2) is 5.96 Å². The highest BCUT2D eigenvalue weighted by Crippen LogP contribution is 2.04. The Morgan fingerprint density at radius 2 is 1.86 bits per heavy atom. The van der Waals surface area contributed by atoms with Crippen molar-refractivity contribution < 1.29 is 8.42 Å². The van der Waals surface area contributed by atoms with Crippen LogP contribution in [0.5, 0.6) is 0 Å². The van der Waals surface area contributed by atoms with Gasteiger partial charge in [0.25, 0.3) is 0 Å². The number of halogens is 1. The molecule has 0 aliphatic rings. The standard InChI is InChI=1S/C18H34N6O2S.HI/c1-6-20-18(22-12-13-24(15(2)3)16(4)5)21-10-11-23-27(25,26)17-8-7-9-19-14-17;/h7-9,14-16,23H,6,10-13H2,1-5H3,(H2,20,21,22);1H. The van der Waals surface area contributed by atoms with Crippen LogP contribution in [0.1, 0.15) is 34.6 Å². The van der Waals surface area contributed by atoms with Crippen molar-refractivity contribution in [2.24, 2.45) is 4.99 Å². The van der Waals surface area contributed by atoms with E-state index in [1.54, 1.807) is 6.07 Å². The van der Waals surface area contributed by atoms with Crippen molar-refractivity contribution in [3.05, 3.63) is 24.5 Å². The molecule has 0 atom stereocenters. The van der Waals surface area contributed by atoms with Crippen molar-refractivity contribution in [2.45, 2.75) is 51.6 Å². The third-order valence-corrected chi connectivity index (χ3v) is 5.40. The lowest BCUT2D eigenvalue weighted by atomic mass is 10.2. The second-order valence-corrected chi connectivity index (χ2v) is 8.47. The van der Waals surface area contributed by atoms with E-state index in [1.807, 2.05) is 6.92 Å². The number of aliphatic imine (C=N–C) groups is 1. The number of sulfonamides is 1. The lowest BCUT2D eigenvalue weighted by Crippen LogP contribution is -2.45. The van der Waals surface area contributed by atoms with Gasteiger partial charge in [0, 0.05) is 50.7 Å². The van der Waals surface area contributed by atoms with Crippen molar-refractivity contribution in [3.63, 3.8) is 0 Å². The normalized spacial score (nSPS) is 12.4. The molecule has 0 aliphatic carbocycles. The molecule has 3 N–H and O–H groups in total. The van der Waals surface area contributed by atoms with Gasteiger partial charge in [-0.1, -0.05) is 0 Å². The molecule has 0 bridgehead atoms. The predicted octanol–water partition coefficient (Wildman–Crippen LogP) is 1.65. The summed E-state index contributed by atoms with van der Waals surface area (Å²) in [5.41, 5.74) is 0. The summed E-state index contributed by atoms with van der Waals surface area (Å²) in [5.74, 6) is 0.686. The van der Waals surface area contributed by atoms with Crippen LogP contribution in [0.4, 0.5) is 0 Å². The fraction of sp³-hybridized carbons (Fsp3) is 0.667. The van der Waals surface area contributed by atoms with E-state index >= 15 is 0 Å². The Hall–Kier alpha value is -0.980. The minimum atomic E-state index is -3.55. The smallest absolute Gasteiger partial charge is 0.242 e. The maximum atomic E-state index is 12.1. The lowest BCUT2D eigenvalue weighted by molar-refractivity contribution is 0.178. The Labute approximate surface area is 187 Å². The molecule has 8 nitrogen and oxygen atoms in total. The third kappa shape index (κ3) is 9.99. The molecule has 10 heteroatoms. The van der Waals surface area contributed by atoms with Crippen LogP contribution >= 0.6 is 24.0 Å². The SMILES string of the molecule is CCNC(=NCCNS(=O)(=O)c1cccnc1)NCCN(C(C)C)C(C)C.I. The average molecular weight is 526 g/mol. The maximum absolute atomic E-state index is 12.1.